The van der Waals surface area contributed by atoms with Crippen LogP contribution in [0.4, 0.5) is 49.7 Å². The minimum Gasteiger partial charge on any atom is -0.480 e. The summed E-state index contributed by atoms with van der Waals surface area (Å²) in [6.45, 7) is -0.539. The van der Waals surface area contributed by atoms with E-state index in [4.69, 9.17) is 11.6 Å². The number of aliphatic carboxylic acids is 1. The van der Waals surface area contributed by atoms with Crippen LogP contribution in [0.15, 0.2) is 42.5 Å². The maximum absolute atomic E-state index is 15.4. The summed E-state index contributed by atoms with van der Waals surface area (Å²) in [6, 6.07) is 4.98. The molecule has 2 aliphatic rings. The van der Waals surface area contributed by atoms with Crippen molar-refractivity contribution in [3.63, 3.8) is 0 Å². The fourth-order valence-electron chi connectivity index (χ4n) is 8.56. The van der Waals surface area contributed by atoms with Gasteiger partial charge in [0, 0.05) is 41.1 Å². The summed E-state index contributed by atoms with van der Waals surface area (Å²) >= 11 is 6.62. The molecule has 1 saturated carbocycles. The van der Waals surface area contributed by atoms with Crippen molar-refractivity contribution in [3.05, 3.63) is 93.0 Å². The van der Waals surface area contributed by atoms with Gasteiger partial charge in [-0.25, -0.2) is 25.6 Å². The van der Waals surface area contributed by atoms with Crippen LogP contribution in [0, 0.1) is 17.0 Å². The predicted octanol–water partition coefficient (Wildman–Crippen LogP) is 8.25. The number of aromatic nitrogens is 5. The number of aryl methyl sites for hydroxylation is 1. The molecule has 5 aromatic rings. The molecule has 2 amide bonds. The highest BCUT2D eigenvalue weighted by atomic mass is 35.5. The molecule has 3 aromatic heterocycles. The van der Waals surface area contributed by atoms with Gasteiger partial charge in [0.25, 0.3) is 11.8 Å². The summed E-state index contributed by atoms with van der Waals surface area (Å²) in [5, 5.41) is 18.5. The summed E-state index contributed by atoms with van der Waals surface area (Å²) in [7, 11) is -8.70. The van der Waals surface area contributed by atoms with E-state index in [-0.39, 0.29) is 68.2 Å². The summed E-state index contributed by atoms with van der Waals surface area (Å²) in [5.41, 5.74) is -7.97. The van der Waals surface area contributed by atoms with Crippen LogP contribution in [-0.2, 0) is 78.7 Å². The molecule has 0 aliphatic heterocycles. The Labute approximate surface area is 408 Å². The standard InChI is InChI=1S/C44H42ClF10N7O8S2/c1-40(2,71(3,67)68)13-11-25-7-8-26(27-9-10-29(45)32-34(27)61(21-43(50,51)52)59-37(32)62(72(4,69)70)38(64)41(14-15-41)39(65)66)33(56-25)30(18-22-16-23(46)19-24(47)17-22)57-31(63)20-60-36-28(6-5-12-42(36,48)49)35(58-60)44(53,54)55/h7-10,16-17,19,30H,5-6,11-15,18,20-21H2,1-4H3,(H,57,63)(H,65,66)/t30-/m0/s1. The van der Waals surface area contributed by atoms with E-state index in [1.165, 1.54) is 26.0 Å². The fraction of sp³-hybridized carbons (Fsp3) is 0.455. The number of carboxylic acid groups (broad SMARTS) is 1. The number of carboxylic acids is 1. The summed E-state index contributed by atoms with van der Waals surface area (Å²) in [5.74, 6) is -11.9. The van der Waals surface area contributed by atoms with E-state index in [1.54, 1.807) is 0 Å². The number of hydrogen-bond acceptors (Lipinski definition) is 10. The van der Waals surface area contributed by atoms with Crippen molar-refractivity contribution in [1.29, 1.82) is 0 Å². The lowest BCUT2D eigenvalue weighted by Crippen LogP contribution is -2.44. The average Bonchev–Trinajstić information content (AvgIpc) is 3.85. The molecule has 1 atom stereocenters. The number of sulfone groups is 1. The van der Waals surface area contributed by atoms with Gasteiger partial charge in [-0.15, -0.1) is 0 Å². The maximum Gasteiger partial charge on any atom is 0.435 e. The highest BCUT2D eigenvalue weighted by Gasteiger charge is 2.61. The molecule has 0 saturated heterocycles. The normalized spacial score (nSPS) is 16.3. The Bertz CT molecular complexity index is 3240. The van der Waals surface area contributed by atoms with Gasteiger partial charge in [0.15, 0.2) is 21.3 Å². The van der Waals surface area contributed by atoms with Crippen LogP contribution in [0.25, 0.3) is 22.0 Å². The quantitative estimate of drug-likeness (QED) is 0.0712. The van der Waals surface area contributed by atoms with Gasteiger partial charge in [0.1, 0.15) is 35.8 Å². The van der Waals surface area contributed by atoms with E-state index in [9.17, 15) is 71.4 Å². The Morgan fingerprint density at radius 1 is 0.903 bits per heavy atom. The Balaban J connectivity index is 1.48. The minimum atomic E-state index is -5.24. The van der Waals surface area contributed by atoms with Gasteiger partial charge >= 0.3 is 18.3 Å². The first-order chi connectivity index (χ1) is 33.0. The average molecular weight is 1090 g/mol. The van der Waals surface area contributed by atoms with Crippen molar-refractivity contribution >= 4 is 66.0 Å². The first-order valence-electron chi connectivity index (χ1n) is 21.6. The van der Waals surface area contributed by atoms with Gasteiger partial charge in [-0.05, 0) is 88.6 Å². The van der Waals surface area contributed by atoms with E-state index in [0.29, 0.717) is 12.3 Å². The van der Waals surface area contributed by atoms with Crippen LogP contribution in [-0.4, -0.2) is 87.7 Å². The summed E-state index contributed by atoms with van der Waals surface area (Å²) in [4.78, 5) is 45.0. The molecule has 0 unspecified atom stereocenters. The van der Waals surface area contributed by atoms with Crippen molar-refractivity contribution in [1.82, 2.24) is 29.9 Å². The number of fused-ring (bicyclic) bond motifs is 2. The van der Waals surface area contributed by atoms with Gasteiger partial charge in [0.2, 0.25) is 15.9 Å². The first kappa shape index (κ1) is 54.0. The lowest BCUT2D eigenvalue weighted by molar-refractivity contribution is -0.148. The third kappa shape index (κ3) is 10.8. The zero-order chi connectivity index (χ0) is 53.5. The Hall–Kier alpha value is -5.83. The molecular weight excluding hydrogens is 1040 g/mol. The number of carbonyl (C=O) groups excluding carboxylic acids is 2. The van der Waals surface area contributed by atoms with Crippen LogP contribution in [0.3, 0.4) is 0 Å². The van der Waals surface area contributed by atoms with Crippen LogP contribution in [0.1, 0.15) is 85.9 Å². The zero-order valence-corrected chi connectivity index (χ0v) is 40.5. The molecule has 2 aromatic carbocycles. The maximum atomic E-state index is 15.4. The zero-order valence-electron chi connectivity index (χ0n) is 38.2. The number of pyridine rings is 1. The second-order valence-corrected chi connectivity index (χ2v) is 23.3. The highest BCUT2D eigenvalue weighted by Crippen LogP contribution is 2.51. The SMILES string of the molecule is CC(C)(CCc1ccc(-c2ccc(Cl)c3c(N(C(=O)C4(C(=O)O)CC4)S(C)(=O)=O)nn(CC(F)(F)F)c23)c([C@H](Cc2cc(F)cc(F)c2)NC(=O)Cn2nc(C(F)(F)F)c3c2C(F)(F)CCC3)n1)S(C)(=O)=O. The lowest BCUT2D eigenvalue weighted by Gasteiger charge is -2.26. The molecular formula is C44H42ClF10N7O8S2. The Morgan fingerprint density at radius 2 is 1.53 bits per heavy atom. The number of hydrogen-bond donors (Lipinski definition) is 2. The van der Waals surface area contributed by atoms with Crippen LogP contribution < -0.4 is 9.62 Å². The monoisotopic (exact) mass is 1090 g/mol. The van der Waals surface area contributed by atoms with Gasteiger partial charge in [-0.2, -0.15) is 49.6 Å². The van der Waals surface area contributed by atoms with Gasteiger partial charge in [-0.3, -0.25) is 28.7 Å². The third-order valence-corrected chi connectivity index (χ3v) is 16.1. The molecule has 1 fully saturated rings. The minimum absolute atomic E-state index is 0.0256. The number of nitrogens with one attached hydrogen (secondary N) is 1. The van der Waals surface area contributed by atoms with Crippen molar-refractivity contribution in [2.24, 2.45) is 5.41 Å². The Morgan fingerprint density at radius 3 is 2.08 bits per heavy atom. The number of carbonyl (C=O) groups is 3. The number of rotatable bonds is 16. The van der Waals surface area contributed by atoms with Crippen molar-refractivity contribution in [2.45, 2.75) is 107 Å². The largest absolute Gasteiger partial charge is 0.480 e. The molecule has 0 radical (unpaired) electrons. The molecule has 0 spiro atoms. The summed E-state index contributed by atoms with van der Waals surface area (Å²) in [6.07, 6.45) is -12.4. The van der Waals surface area contributed by atoms with Gasteiger partial charge < -0.3 is 10.4 Å². The molecule has 0 bridgehead atoms. The number of nitrogens with zero attached hydrogens (tertiary/aromatic N) is 6. The number of sulfonamides is 1. The smallest absolute Gasteiger partial charge is 0.435 e. The first-order valence-corrected chi connectivity index (χ1v) is 25.7. The Kier molecular flexibility index (Phi) is 13.9. The van der Waals surface area contributed by atoms with E-state index in [2.05, 4.69) is 20.5 Å². The van der Waals surface area contributed by atoms with Crippen molar-refractivity contribution < 1.29 is 80.2 Å². The second kappa shape index (κ2) is 18.6. The van der Waals surface area contributed by atoms with Crippen molar-refractivity contribution in [2.75, 3.05) is 16.8 Å². The molecule has 72 heavy (non-hydrogen) atoms. The molecule has 3 heterocycles. The number of halogens is 11. The number of benzene rings is 2. The number of alkyl halides is 8. The molecule has 15 nitrogen and oxygen atoms in total. The van der Waals surface area contributed by atoms with E-state index >= 15 is 8.78 Å². The predicted molar refractivity (Wildman–Crippen MR) is 238 cm³/mol. The molecule has 390 valence electrons. The second-order valence-electron chi connectivity index (χ2n) is 18.4. The van der Waals surface area contributed by atoms with E-state index < -0.39 is 160 Å². The molecule has 7 rings (SSSR count). The number of anilines is 1. The molecule has 28 heteroatoms. The van der Waals surface area contributed by atoms with Gasteiger partial charge in [0.05, 0.1) is 38.7 Å². The van der Waals surface area contributed by atoms with Crippen LogP contribution >= 0.6 is 11.6 Å². The van der Waals surface area contributed by atoms with E-state index in [1.807, 2.05) is 0 Å². The van der Waals surface area contributed by atoms with Crippen molar-refractivity contribution in [3.8, 4) is 11.1 Å². The van der Waals surface area contributed by atoms with Crippen LogP contribution in [0.2, 0.25) is 5.02 Å². The number of amides is 2. The topological polar surface area (TPSA) is 204 Å². The highest BCUT2D eigenvalue weighted by molar-refractivity contribution is 7.93. The lowest BCUT2D eigenvalue weighted by atomic mass is 9.92. The molecule has 2 N–H and O–H groups in total. The third-order valence-electron chi connectivity index (χ3n) is 12.6. The fourth-order valence-corrected chi connectivity index (χ4v) is 10.2. The van der Waals surface area contributed by atoms with E-state index in [0.717, 1.165) is 30.5 Å². The molecule has 2 aliphatic carbocycles. The summed E-state index contributed by atoms with van der Waals surface area (Å²) < 4.78 is 198. The van der Waals surface area contributed by atoms with Crippen LogP contribution in [0.5, 0.6) is 0 Å². The van der Waals surface area contributed by atoms with Gasteiger partial charge in [-0.1, -0.05) is 23.7 Å².